The fourth-order valence-electron chi connectivity index (χ4n) is 5.38. The number of nitrogens with zero attached hydrogens (tertiary/aromatic N) is 6. The molecule has 0 radical (unpaired) electrons. The number of fused-ring (bicyclic) bond motifs is 2. The molecule has 0 unspecified atom stereocenters. The fraction of sp³-hybridized carbons (Fsp3) is 0.440. The summed E-state index contributed by atoms with van der Waals surface area (Å²) < 4.78 is 46.5. The lowest BCUT2D eigenvalue weighted by molar-refractivity contribution is -0.137. The van der Waals surface area contributed by atoms with E-state index >= 15 is 0 Å². The van der Waals surface area contributed by atoms with Gasteiger partial charge in [0.05, 0.1) is 36.4 Å². The first kappa shape index (κ1) is 24.2. The number of pyridine rings is 1. The van der Waals surface area contributed by atoms with Crippen LogP contribution in [0.5, 0.6) is 0 Å². The molecule has 3 atom stereocenters. The van der Waals surface area contributed by atoms with Crippen LogP contribution in [0.15, 0.2) is 41.2 Å². The van der Waals surface area contributed by atoms with Gasteiger partial charge in [-0.1, -0.05) is 19.1 Å². The minimum atomic E-state index is -4.38. The number of rotatable bonds is 3. The minimum absolute atomic E-state index is 0.0650. The van der Waals surface area contributed by atoms with Crippen molar-refractivity contribution in [1.82, 2.24) is 19.4 Å². The molecule has 0 spiro atoms. The molecule has 2 aliphatic rings. The summed E-state index contributed by atoms with van der Waals surface area (Å²) in [5, 5.41) is 9.37. The van der Waals surface area contributed by atoms with Crippen molar-refractivity contribution >= 4 is 16.9 Å². The van der Waals surface area contributed by atoms with Crippen molar-refractivity contribution in [1.29, 1.82) is 5.26 Å². The van der Waals surface area contributed by atoms with Gasteiger partial charge in [-0.3, -0.25) is 9.47 Å². The molecular formula is C25H25F3N6O2. The molecule has 2 aromatic heterocycles. The molecule has 2 aliphatic heterocycles. The molecule has 3 aromatic rings. The number of alkyl halides is 3. The van der Waals surface area contributed by atoms with Crippen molar-refractivity contribution in [3.63, 3.8) is 0 Å². The van der Waals surface area contributed by atoms with Gasteiger partial charge in [-0.2, -0.15) is 23.4 Å². The Morgan fingerprint density at radius 3 is 2.53 bits per heavy atom. The third-order valence-corrected chi connectivity index (χ3v) is 7.20. The number of hydrogen-bond donors (Lipinski definition) is 0. The zero-order valence-corrected chi connectivity index (χ0v) is 19.9. The van der Waals surface area contributed by atoms with E-state index in [0.29, 0.717) is 43.2 Å². The normalized spacial score (nSPS) is 22.9. The van der Waals surface area contributed by atoms with Crippen LogP contribution in [-0.4, -0.2) is 57.8 Å². The number of halogens is 3. The first-order valence-electron chi connectivity index (χ1n) is 11.8. The highest BCUT2D eigenvalue weighted by Gasteiger charge is 2.43. The van der Waals surface area contributed by atoms with Crippen LogP contribution in [0, 0.1) is 11.3 Å². The Hall–Kier alpha value is -3.49. The van der Waals surface area contributed by atoms with Gasteiger partial charge in [0.1, 0.15) is 17.3 Å². The van der Waals surface area contributed by atoms with Crippen LogP contribution in [0.1, 0.15) is 36.2 Å². The summed E-state index contributed by atoms with van der Waals surface area (Å²) in [4.78, 5) is 25.8. The van der Waals surface area contributed by atoms with E-state index < -0.39 is 17.4 Å². The van der Waals surface area contributed by atoms with Crippen molar-refractivity contribution in [2.24, 2.45) is 7.05 Å². The van der Waals surface area contributed by atoms with Crippen molar-refractivity contribution in [3.8, 4) is 6.07 Å². The quantitative estimate of drug-likeness (QED) is 0.548. The van der Waals surface area contributed by atoms with Crippen molar-refractivity contribution < 1.29 is 17.9 Å². The predicted octanol–water partition coefficient (Wildman–Crippen LogP) is 3.26. The maximum atomic E-state index is 13.1. The summed E-state index contributed by atoms with van der Waals surface area (Å²) in [6.07, 6.45) is -3.66. The van der Waals surface area contributed by atoms with Crippen LogP contribution in [0.3, 0.4) is 0 Å². The number of hydrogen-bond acceptors (Lipinski definition) is 7. The Balaban J connectivity index is 1.50. The average Bonchev–Trinajstić information content (AvgIpc) is 2.89. The Kier molecular flexibility index (Phi) is 6.18. The number of piperazine rings is 1. The summed E-state index contributed by atoms with van der Waals surface area (Å²) in [6.45, 7) is 4.02. The number of aryl methyl sites for hydroxylation is 1. The monoisotopic (exact) mass is 498 g/mol. The lowest BCUT2D eigenvalue weighted by Crippen LogP contribution is -2.64. The second kappa shape index (κ2) is 9.19. The van der Waals surface area contributed by atoms with Crippen molar-refractivity contribution in [2.45, 2.75) is 37.6 Å². The molecule has 0 aliphatic carbocycles. The van der Waals surface area contributed by atoms with Gasteiger partial charge in [0.25, 0.3) is 0 Å². The molecule has 11 heteroatoms. The second-order valence-electron chi connectivity index (χ2n) is 9.10. The van der Waals surface area contributed by atoms with E-state index in [9.17, 15) is 23.2 Å². The molecule has 36 heavy (non-hydrogen) atoms. The van der Waals surface area contributed by atoms with Crippen LogP contribution in [-0.2, 0) is 18.0 Å². The smallest absolute Gasteiger partial charge is 0.378 e. The molecule has 188 valence electrons. The maximum absolute atomic E-state index is 13.1. The Morgan fingerprint density at radius 1 is 1.11 bits per heavy atom. The lowest BCUT2D eigenvalue weighted by atomic mass is 9.93. The highest BCUT2D eigenvalue weighted by atomic mass is 19.4. The van der Waals surface area contributed by atoms with E-state index in [-0.39, 0.29) is 23.8 Å². The molecular weight excluding hydrogens is 473 g/mol. The second-order valence-corrected chi connectivity index (χ2v) is 9.10. The molecule has 0 N–H and O–H groups in total. The molecule has 0 amide bonds. The van der Waals surface area contributed by atoms with Gasteiger partial charge in [0, 0.05) is 26.2 Å². The Morgan fingerprint density at radius 2 is 1.86 bits per heavy atom. The summed E-state index contributed by atoms with van der Waals surface area (Å²) in [6, 6.07) is 10.3. The van der Waals surface area contributed by atoms with Crippen LogP contribution in [0.2, 0.25) is 0 Å². The number of anilines is 1. The van der Waals surface area contributed by atoms with Gasteiger partial charge >= 0.3 is 11.9 Å². The molecule has 0 saturated carbocycles. The summed E-state index contributed by atoms with van der Waals surface area (Å²) in [7, 11) is 1.62. The minimum Gasteiger partial charge on any atom is -0.378 e. The highest BCUT2D eigenvalue weighted by molar-refractivity contribution is 5.86. The number of nitriles is 1. The zero-order chi connectivity index (χ0) is 25.6. The van der Waals surface area contributed by atoms with Gasteiger partial charge in [0.15, 0.2) is 5.82 Å². The molecule has 5 rings (SSSR count). The first-order chi connectivity index (χ1) is 17.2. The van der Waals surface area contributed by atoms with Gasteiger partial charge in [-0.05, 0) is 36.2 Å². The van der Waals surface area contributed by atoms with E-state index in [1.54, 1.807) is 19.2 Å². The summed E-state index contributed by atoms with van der Waals surface area (Å²) in [5.41, 5.74) is 0.989. The zero-order valence-electron chi connectivity index (χ0n) is 19.9. The summed E-state index contributed by atoms with van der Waals surface area (Å²) in [5.74, 6) is 0.438. The molecule has 8 nitrogen and oxygen atoms in total. The van der Waals surface area contributed by atoms with E-state index in [1.807, 2.05) is 13.0 Å². The van der Waals surface area contributed by atoms with Gasteiger partial charge < -0.3 is 9.64 Å². The van der Waals surface area contributed by atoms with Gasteiger partial charge in [-0.25, -0.2) is 9.78 Å². The number of ether oxygens (including phenoxy) is 1. The fourth-order valence-corrected chi connectivity index (χ4v) is 5.38. The topological polar surface area (TPSA) is 87.3 Å². The Bertz CT molecular complexity index is 1380. The molecule has 2 saturated heterocycles. The molecule has 1 aromatic carbocycles. The van der Waals surface area contributed by atoms with E-state index in [1.165, 1.54) is 16.7 Å². The standard InChI is InChI=1S/C25H25F3N6O2/c1-3-18-21-14-36-13-20(15-4-6-16(7-5-15)25(26,27)28)33(21)10-11-34(18)23-22-19(32(2)24(35)31-23)9-8-17(12-29)30-22/h4-9,18,20-21H,3,10-11,13-14H2,1-2H3/t18-,20+,21+/m0/s1. The van der Waals surface area contributed by atoms with Gasteiger partial charge in [0.2, 0.25) is 0 Å². The van der Waals surface area contributed by atoms with Crippen LogP contribution in [0.25, 0.3) is 11.0 Å². The summed E-state index contributed by atoms with van der Waals surface area (Å²) >= 11 is 0. The van der Waals surface area contributed by atoms with Crippen molar-refractivity contribution in [2.75, 3.05) is 31.2 Å². The van der Waals surface area contributed by atoms with Crippen LogP contribution < -0.4 is 10.6 Å². The Labute approximate surface area is 205 Å². The molecule has 4 heterocycles. The van der Waals surface area contributed by atoms with E-state index in [0.717, 1.165) is 24.1 Å². The lowest BCUT2D eigenvalue weighted by Gasteiger charge is -2.52. The van der Waals surface area contributed by atoms with Gasteiger partial charge in [-0.15, -0.1) is 0 Å². The molecule has 2 fully saturated rings. The SMILES string of the molecule is CC[C@H]1[C@H]2COC[C@H](c3ccc(C(F)(F)F)cc3)N2CCN1c1nc(=O)n(C)c2ccc(C#N)nc12. The van der Waals surface area contributed by atoms with Crippen LogP contribution in [0.4, 0.5) is 19.0 Å². The largest absolute Gasteiger partial charge is 0.416 e. The highest BCUT2D eigenvalue weighted by Crippen LogP contribution is 2.37. The number of aromatic nitrogens is 3. The third-order valence-electron chi connectivity index (χ3n) is 7.20. The number of morpholine rings is 1. The predicted molar refractivity (Wildman–Crippen MR) is 126 cm³/mol. The van der Waals surface area contributed by atoms with E-state index in [4.69, 9.17) is 4.74 Å². The average molecular weight is 499 g/mol. The number of benzene rings is 1. The van der Waals surface area contributed by atoms with Crippen molar-refractivity contribution in [3.05, 3.63) is 63.7 Å². The van der Waals surface area contributed by atoms with Crippen LogP contribution >= 0.6 is 0 Å². The third kappa shape index (κ3) is 4.10. The van der Waals surface area contributed by atoms with E-state index in [2.05, 4.69) is 19.8 Å². The molecule has 0 bridgehead atoms. The first-order valence-corrected chi connectivity index (χ1v) is 11.8. The maximum Gasteiger partial charge on any atom is 0.416 e.